The van der Waals surface area contributed by atoms with Gasteiger partial charge in [0.05, 0.1) is 24.4 Å². The summed E-state index contributed by atoms with van der Waals surface area (Å²) in [6.07, 6.45) is -3.30. The van der Waals surface area contributed by atoms with Gasteiger partial charge in [0.15, 0.2) is 0 Å². The van der Waals surface area contributed by atoms with Gasteiger partial charge in [-0.2, -0.15) is 13.2 Å². The smallest absolute Gasteiger partial charge is 0.418 e. The first-order valence-electron chi connectivity index (χ1n) is 11.1. The van der Waals surface area contributed by atoms with Crippen molar-refractivity contribution in [3.8, 4) is 5.75 Å². The predicted octanol–water partition coefficient (Wildman–Crippen LogP) is 6.34. The Kier molecular flexibility index (Phi) is 6.95. The number of carbonyl (C=O) groups is 2. The van der Waals surface area contributed by atoms with Crippen LogP contribution < -0.4 is 15.4 Å². The van der Waals surface area contributed by atoms with Gasteiger partial charge in [-0.25, -0.2) is 4.79 Å². The number of hydrogen-bond donors (Lipinski definition) is 2. The summed E-state index contributed by atoms with van der Waals surface area (Å²) in [5, 5.41) is 4.90. The number of amides is 3. The molecule has 1 atom stereocenters. The molecule has 1 aliphatic heterocycles. The van der Waals surface area contributed by atoms with E-state index in [-0.39, 0.29) is 17.4 Å². The molecule has 1 heterocycles. The number of anilines is 2. The number of alkyl halides is 3. The minimum Gasteiger partial charge on any atom is -0.497 e. The number of likely N-dealkylation sites (tertiary alicyclic amines) is 1. The monoisotopic (exact) mass is 483 g/mol. The molecule has 2 N–H and O–H groups in total. The molecule has 0 spiro atoms. The average Bonchev–Trinajstić information content (AvgIpc) is 3.35. The Bertz CT molecular complexity index is 1200. The molecular formula is C26H24F3N3O3. The first-order chi connectivity index (χ1) is 16.8. The molecule has 6 nitrogen and oxygen atoms in total. The molecule has 0 radical (unpaired) electrons. The Morgan fingerprint density at radius 1 is 0.971 bits per heavy atom. The molecule has 1 unspecified atom stereocenters. The van der Waals surface area contributed by atoms with E-state index >= 15 is 0 Å². The Balaban J connectivity index is 1.53. The molecule has 35 heavy (non-hydrogen) atoms. The van der Waals surface area contributed by atoms with Crippen molar-refractivity contribution in [3.63, 3.8) is 0 Å². The molecule has 4 rings (SSSR count). The number of methoxy groups -OCH3 is 1. The van der Waals surface area contributed by atoms with Crippen LogP contribution in [0.25, 0.3) is 0 Å². The van der Waals surface area contributed by atoms with E-state index in [1.807, 2.05) is 12.1 Å². The molecule has 3 aromatic rings. The second-order valence-corrected chi connectivity index (χ2v) is 8.13. The van der Waals surface area contributed by atoms with Crippen LogP contribution in [0, 0.1) is 0 Å². The Morgan fingerprint density at radius 3 is 2.34 bits per heavy atom. The fourth-order valence-corrected chi connectivity index (χ4v) is 4.13. The molecule has 9 heteroatoms. The summed E-state index contributed by atoms with van der Waals surface area (Å²) >= 11 is 0. The zero-order chi connectivity index (χ0) is 25.0. The number of ether oxygens (including phenoxy) is 1. The first-order valence-corrected chi connectivity index (χ1v) is 11.1. The lowest BCUT2D eigenvalue weighted by atomic mass is 10.0. The van der Waals surface area contributed by atoms with E-state index in [1.165, 1.54) is 11.0 Å². The Hall–Kier alpha value is -4.01. The van der Waals surface area contributed by atoms with Crippen LogP contribution in [0.3, 0.4) is 0 Å². The maximum Gasteiger partial charge on any atom is 0.418 e. The largest absolute Gasteiger partial charge is 0.497 e. The van der Waals surface area contributed by atoms with Gasteiger partial charge in [0.2, 0.25) is 0 Å². The van der Waals surface area contributed by atoms with E-state index in [1.54, 1.807) is 49.6 Å². The van der Waals surface area contributed by atoms with Crippen molar-refractivity contribution in [3.05, 3.63) is 89.5 Å². The predicted molar refractivity (Wildman–Crippen MR) is 127 cm³/mol. The van der Waals surface area contributed by atoms with Gasteiger partial charge < -0.3 is 20.3 Å². The molecule has 0 bridgehead atoms. The highest BCUT2D eigenvalue weighted by Gasteiger charge is 2.36. The van der Waals surface area contributed by atoms with Gasteiger partial charge in [-0.3, -0.25) is 4.79 Å². The lowest BCUT2D eigenvalue weighted by molar-refractivity contribution is -0.136. The van der Waals surface area contributed by atoms with Crippen LogP contribution in [-0.4, -0.2) is 30.5 Å². The highest BCUT2D eigenvalue weighted by Crippen LogP contribution is 2.38. The van der Waals surface area contributed by atoms with Gasteiger partial charge in [-0.1, -0.05) is 30.3 Å². The van der Waals surface area contributed by atoms with Crippen molar-refractivity contribution in [2.24, 2.45) is 0 Å². The number of carbonyl (C=O) groups excluding carboxylic acids is 2. The van der Waals surface area contributed by atoms with Gasteiger partial charge in [0.25, 0.3) is 5.91 Å². The fourth-order valence-electron chi connectivity index (χ4n) is 4.13. The van der Waals surface area contributed by atoms with Crippen LogP contribution in [0.4, 0.5) is 29.3 Å². The van der Waals surface area contributed by atoms with E-state index < -0.39 is 23.7 Å². The molecule has 1 fully saturated rings. The third-order valence-corrected chi connectivity index (χ3v) is 5.87. The Morgan fingerprint density at radius 2 is 1.69 bits per heavy atom. The second-order valence-electron chi connectivity index (χ2n) is 8.13. The molecule has 3 aromatic carbocycles. The van der Waals surface area contributed by atoms with Crippen molar-refractivity contribution in [2.45, 2.75) is 25.1 Å². The van der Waals surface area contributed by atoms with Crippen molar-refractivity contribution in [1.29, 1.82) is 0 Å². The molecule has 3 amide bonds. The molecule has 0 saturated carbocycles. The fraction of sp³-hybridized carbons (Fsp3) is 0.231. The van der Waals surface area contributed by atoms with E-state index in [0.717, 1.165) is 24.1 Å². The van der Waals surface area contributed by atoms with Crippen LogP contribution >= 0.6 is 0 Å². The van der Waals surface area contributed by atoms with Crippen LogP contribution in [0.2, 0.25) is 0 Å². The Labute approximate surface area is 200 Å². The number of rotatable bonds is 5. The van der Waals surface area contributed by atoms with Gasteiger partial charge >= 0.3 is 12.2 Å². The van der Waals surface area contributed by atoms with Crippen molar-refractivity contribution >= 4 is 23.3 Å². The highest BCUT2D eigenvalue weighted by molar-refractivity contribution is 6.04. The zero-order valence-corrected chi connectivity index (χ0v) is 18.9. The molecule has 182 valence electrons. The zero-order valence-electron chi connectivity index (χ0n) is 18.9. The lowest BCUT2D eigenvalue weighted by Crippen LogP contribution is -2.35. The summed E-state index contributed by atoms with van der Waals surface area (Å²) in [4.78, 5) is 26.9. The highest BCUT2D eigenvalue weighted by atomic mass is 19.4. The van der Waals surface area contributed by atoms with E-state index in [4.69, 9.17) is 4.74 Å². The van der Waals surface area contributed by atoms with Gasteiger partial charge in [-0.15, -0.1) is 0 Å². The molecular weight excluding hydrogens is 459 g/mol. The van der Waals surface area contributed by atoms with Crippen LogP contribution in [0.15, 0.2) is 72.8 Å². The summed E-state index contributed by atoms with van der Waals surface area (Å²) in [5.41, 5.74) is -0.246. The van der Waals surface area contributed by atoms with Gasteiger partial charge in [0, 0.05) is 17.8 Å². The standard InChI is InChI=1S/C26H24F3N3O3/c1-35-20-12-9-17(10-13-20)23-8-5-15-32(23)25(34)31-22-14-11-19(16-21(22)26(27,28)29)30-24(33)18-6-3-2-4-7-18/h2-4,6-7,9-14,16,23H,5,8,15H2,1H3,(H,30,33)(H,31,34). The number of benzene rings is 3. The molecule has 1 saturated heterocycles. The third kappa shape index (κ3) is 5.56. The summed E-state index contributed by atoms with van der Waals surface area (Å²) in [6, 6.07) is 17.9. The quantitative estimate of drug-likeness (QED) is 0.445. The van der Waals surface area contributed by atoms with E-state index in [0.29, 0.717) is 24.3 Å². The number of nitrogens with one attached hydrogen (secondary N) is 2. The minimum atomic E-state index is -4.74. The maximum atomic E-state index is 13.8. The third-order valence-electron chi connectivity index (χ3n) is 5.87. The lowest BCUT2D eigenvalue weighted by Gasteiger charge is -2.26. The SMILES string of the molecule is COc1ccc(C2CCCN2C(=O)Nc2ccc(NC(=O)c3ccccc3)cc2C(F)(F)F)cc1. The van der Waals surface area contributed by atoms with Crippen LogP contribution in [-0.2, 0) is 6.18 Å². The second kappa shape index (κ2) is 10.1. The summed E-state index contributed by atoms with van der Waals surface area (Å²) in [6.45, 7) is 0.426. The summed E-state index contributed by atoms with van der Waals surface area (Å²) < 4.78 is 46.7. The molecule has 1 aliphatic rings. The van der Waals surface area contributed by atoms with Crippen molar-refractivity contribution in [2.75, 3.05) is 24.3 Å². The van der Waals surface area contributed by atoms with Crippen LogP contribution in [0.1, 0.15) is 40.4 Å². The van der Waals surface area contributed by atoms with E-state index in [9.17, 15) is 22.8 Å². The van der Waals surface area contributed by atoms with Crippen LogP contribution in [0.5, 0.6) is 5.75 Å². The summed E-state index contributed by atoms with van der Waals surface area (Å²) in [5.74, 6) is 0.145. The van der Waals surface area contributed by atoms with Gasteiger partial charge in [0.1, 0.15) is 5.75 Å². The molecule has 0 aliphatic carbocycles. The summed E-state index contributed by atoms with van der Waals surface area (Å²) in [7, 11) is 1.56. The first kappa shape index (κ1) is 24.1. The number of nitrogens with zero attached hydrogens (tertiary/aromatic N) is 1. The number of hydrogen-bond acceptors (Lipinski definition) is 3. The topological polar surface area (TPSA) is 70.7 Å². The maximum absolute atomic E-state index is 13.8. The van der Waals surface area contributed by atoms with Crippen molar-refractivity contribution < 1.29 is 27.5 Å². The minimum absolute atomic E-state index is 0.0264. The number of halogens is 3. The van der Waals surface area contributed by atoms with Crippen molar-refractivity contribution in [1.82, 2.24) is 4.90 Å². The normalized spacial score (nSPS) is 15.5. The van der Waals surface area contributed by atoms with E-state index in [2.05, 4.69) is 10.6 Å². The average molecular weight is 483 g/mol. The number of urea groups is 1. The molecule has 0 aromatic heterocycles. The van der Waals surface area contributed by atoms with Gasteiger partial charge in [-0.05, 0) is 60.9 Å².